The Balaban J connectivity index is 2.15. The van der Waals surface area contributed by atoms with Crippen molar-refractivity contribution in [1.29, 1.82) is 0 Å². The predicted octanol–water partition coefficient (Wildman–Crippen LogP) is 0.920. The van der Waals surface area contributed by atoms with Crippen LogP contribution < -0.4 is 5.32 Å². The molecule has 1 rings (SSSR count). The Kier molecular flexibility index (Phi) is 4.55. The van der Waals surface area contributed by atoms with Crippen molar-refractivity contribution in [1.82, 2.24) is 10.3 Å². The van der Waals surface area contributed by atoms with Gasteiger partial charge in [0, 0.05) is 17.5 Å². The van der Waals surface area contributed by atoms with Gasteiger partial charge in [-0.3, -0.25) is 9.78 Å². The van der Waals surface area contributed by atoms with Crippen LogP contribution in [0.3, 0.4) is 0 Å². The largest absolute Gasteiger partial charge is 0.393 e. The summed E-state index contributed by atoms with van der Waals surface area (Å²) < 4.78 is 0. The van der Waals surface area contributed by atoms with Gasteiger partial charge in [-0.1, -0.05) is 0 Å². The van der Waals surface area contributed by atoms with E-state index in [4.69, 9.17) is 5.11 Å². The molecule has 0 bridgehead atoms. The summed E-state index contributed by atoms with van der Waals surface area (Å²) in [5.74, 6) is -0.0284. The lowest BCUT2D eigenvalue weighted by Gasteiger charge is -2.04. The summed E-state index contributed by atoms with van der Waals surface area (Å²) in [5.41, 5.74) is 1.73. The van der Waals surface area contributed by atoms with Crippen molar-refractivity contribution in [3.05, 3.63) is 16.6 Å². The third kappa shape index (κ3) is 4.34. The molecule has 4 nitrogen and oxygen atoms in total. The fraction of sp³-hybridized carbons (Fsp3) is 0.556. The minimum absolute atomic E-state index is 0.0284. The van der Waals surface area contributed by atoms with Gasteiger partial charge in [0.25, 0.3) is 0 Å². The molecule has 0 radical (unpaired) electrons. The van der Waals surface area contributed by atoms with Gasteiger partial charge in [0.2, 0.25) is 5.91 Å². The van der Waals surface area contributed by atoms with E-state index in [1.165, 1.54) is 11.3 Å². The molecule has 0 fully saturated rings. The number of amides is 1. The van der Waals surface area contributed by atoms with E-state index >= 15 is 0 Å². The molecular weight excluding hydrogens is 200 g/mol. The molecule has 1 unspecified atom stereocenters. The maximum Gasteiger partial charge on any atom is 0.220 e. The van der Waals surface area contributed by atoms with E-state index in [2.05, 4.69) is 10.3 Å². The number of nitrogens with one attached hydrogen (secondary N) is 1. The van der Waals surface area contributed by atoms with E-state index in [1.807, 2.05) is 0 Å². The Morgan fingerprint density at radius 1 is 1.79 bits per heavy atom. The minimum atomic E-state index is -0.413. The van der Waals surface area contributed by atoms with Crippen LogP contribution in [-0.2, 0) is 11.3 Å². The lowest BCUT2D eigenvalue weighted by molar-refractivity contribution is -0.121. The molecule has 78 valence electrons. The van der Waals surface area contributed by atoms with Crippen LogP contribution in [0.1, 0.15) is 24.6 Å². The number of hydrogen-bond acceptors (Lipinski definition) is 4. The minimum Gasteiger partial charge on any atom is -0.393 e. The monoisotopic (exact) mass is 214 g/mol. The Hall–Kier alpha value is -0.940. The molecule has 0 aliphatic heterocycles. The quantitative estimate of drug-likeness (QED) is 0.766. The van der Waals surface area contributed by atoms with E-state index in [1.54, 1.807) is 18.6 Å². The number of rotatable bonds is 5. The third-order valence-electron chi connectivity index (χ3n) is 1.73. The molecule has 1 atom stereocenters. The molecule has 5 heteroatoms. The summed E-state index contributed by atoms with van der Waals surface area (Å²) >= 11 is 1.51. The highest BCUT2D eigenvalue weighted by atomic mass is 32.1. The van der Waals surface area contributed by atoms with Crippen LogP contribution in [0.2, 0.25) is 0 Å². The molecule has 14 heavy (non-hydrogen) atoms. The second-order valence-electron chi connectivity index (χ2n) is 3.13. The third-order valence-corrected chi connectivity index (χ3v) is 2.51. The second-order valence-corrected chi connectivity index (χ2v) is 4.10. The van der Waals surface area contributed by atoms with E-state index in [9.17, 15) is 4.79 Å². The molecule has 0 aliphatic rings. The van der Waals surface area contributed by atoms with Crippen molar-refractivity contribution in [2.24, 2.45) is 0 Å². The maximum absolute atomic E-state index is 11.2. The SMILES string of the molecule is CC(O)CCC(=O)NCc1cncs1. The first-order valence-corrected chi connectivity index (χ1v) is 5.38. The van der Waals surface area contributed by atoms with Crippen LogP contribution >= 0.6 is 11.3 Å². The number of aromatic nitrogens is 1. The van der Waals surface area contributed by atoms with Crippen LogP contribution in [0.15, 0.2) is 11.7 Å². The molecule has 0 aliphatic carbocycles. The van der Waals surface area contributed by atoms with E-state index < -0.39 is 6.10 Å². The van der Waals surface area contributed by atoms with Crippen molar-refractivity contribution in [3.8, 4) is 0 Å². The molecule has 1 aromatic rings. The Morgan fingerprint density at radius 3 is 3.14 bits per heavy atom. The molecule has 0 saturated carbocycles. The topological polar surface area (TPSA) is 62.2 Å². The van der Waals surface area contributed by atoms with Crippen molar-refractivity contribution in [2.75, 3.05) is 0 Å². The van der Waals surface area contributed by atoms with E-state index in [0.717, 1.165) is 4.88 Å². The fourth-order valence-corrected chi connectivity index (χ4v) is 1.48. The lowest BCUT2D eigenvalue weighted by Crippen LogP contribution is -2.23. The summed E-state index contributed by atoms with van der Waals surface area (Å²) in [5, 5.41) is 11.7. The number of nitrogens with zero attached hydrogens (tertiary/aromatic N) is 1. The summed E-state index contributed by atoms with van der Waals surface area (Å²) in [6.45, 7) is 2.21. The Labute approximate surface area is 87.0 Å². The average molecular weight is 214 g/mol. The molecule has 0 saturated heterocycles. The number of aliphatic hydroxyl groups excluding tert-OH is 1. The van der Waals surface area contributed by atoms with Crippen LogP contribution in [0.25, 0.3) is 0 Å². The first-order valence-electron chi connectivity index (χ1n) is 4.50. The van der Waals surface area contributed by atoms with Gasteiger partial charge < -0.3 is 10.4 Å². The number of aliphatic hydroxyl groups is 1. The number of carbonyl (C=O) groups excluding carboxylic acids is 1. The smallest absolute Gasteiger partial charge is 0.220 e. The summed E-state index contributed by atoms with van der Waals surface area (Å²) in [6.07, 6.45) is 2.20. The van der Waals surface area contributed by atoms with E-state index in [0.29, 0.717) is 19.4 Å². The van der Waals surface area contributed by atoms with Gasteiger partial charge in [-0.15, -0.1) is 11.3 Å². The molecule has 1 heterocycles. The molecule has 2 N–H and O–H groups in total. The highest BCUT2D eigenvalue weighted by molar-refractivity contribution is 7.09. The first-order chi connectivity index (χ1) is 6.68. The van der Waals surface area contributed by atoms with Gasteiger partial charge in [-0.05, 0) is 13.3 Å². The van der Waals surface area contributed by atoms with Gasteiger partial charge in [-0.25, -0.2) is 0 Å². The van der Waals surface area contributed by atoms with Crippen LogP contribution in [0.5, 0.6) is 0 Å². The standard InChI is InChI=1S/C9H14N2O2S/c1-7(12)2-3-9(13)11-5-8-4-10-6-14-8/h4,6-7,12H,2-3,5H2,1H3,(H,11,13). The summed E-state index contributed by atoms with van der Waals surface area (Å²) in [4.78, 5) is 16.1. The number of thiazole rings is 1. The van der Waals surface area contributed by atoms with Gasteiger partial charge >= 0.3 is 0 Å². The van der Waals surface area contributed by atoms with Gasteiger partial charge in [-0.2, -0.15) is 0 Å². The predicted molar refractivity (Wildman–Crippen MR) is 54.9 cm³/mol. The Bertz CT molecular complexity index is 272. The molecule has 0 aromatic carbocycles. The second kappa shape index (κ2) is 5.72. The fourth-order valence-electron chi connectivity index (χ4n) is 0.943. The van der Waals surface area contributed by atoms with E-state index in [-0.39, 0.29) is 5.91 Å². The average Bonchev–Trinajstić information content (AvgIpc) is 2.63. The van der Waals surface area contributed by atoms with Crippen molar-refractivity contribution >= 4 is 17.2 Å². The summed E-state index contributed by atoms with van der Waals surface area (Å²) in [7, 11) is 0. The normalized spacial score (nSPS) is 12.4. The molecule has 0 spiro atoms. The van der Waals surface area contributed by atoms with Gasteiger partial charge in [0.05, 0.1) is 18.2 Å². The zero-order chi connectivity index (χ0) is 10.4. The number of carbonyl (C=O) groups is 1. The van der Waals surface area contributed by atoms with Crippen LogP contribution in [-0.4, -0.2) is 22.1 Å². The van der Waals surface area contributed by atoms with Crippen LogP contribution in [0.4, 0.5) is 0 Å². The highest BCUT2D eigenvalue weighted by Crippen LogP contribution is 2.04. The summed E-state index contributed by atoms with van der Waals surface area (Å²) in [6, 6.07) is 0. The maximum atomic E-state index is 11.2. The van der Waals surface area contributed by atoms with Crippen molar-refractivity contribution < 1.29 is 9.90 Å². The first kappa shape index (κ1) is 11.1. The molecular formula is C9H14N2O2S. The van der Waals surface area contributed by atoms with Gasteiger partial charge in [0.1, 0.15) is 0 Å². The molecule has 1 aromatic heterocycles. The zero-order valence-electron chi connectivity index (χ0n) is 8.06. The van der Waals surface area contributed by atoms with Crippen molar-refractivity contribution in [2.45, 2.75) is 32.4 Å². The zero-order valence-corrected chi connectivity index (χ0v) is 8.88. The lowest BCUT2D eigenvalue weighted by atomic mass is 10.2. The number of hydrogen-bond donors (Lipinski definition) is 2. The molecule has 1 amide bonds. The highest BCUT2D eigenvalue weighted by Gasteiger charge is 2.04. The van der Waals surface area contributed by atoms with Gasteiger partial charge in [0.15, 0.2) is 0 Å². The Morgan fingerprint density at radius 2 is 2.57 bits per heavy atom. The van der Waals surface area contributed by atoms with Crippen LogP contribution in [0, 0.1) is 0 Å². The van der Waals surface area contributed by atoms with Crippen molar-refractivity contribution in [3.63, 3.8) is 0 Å².